The summed E-state index contributed by atoms with van der Waals surface area (Å²) in [6.07, 6.45) is 0.886. The van der Waals surface area contributed by atoms with Gasteiger partial charge in [0.2, 0.25) is 0 Å². The smallest absolute Gasteiger partial charge is 0.326 e. The Morgan fingerprint density at radius 2 is 1.72 bits per heavy atom. The highest BCUT2D eigenvalue weighted by molar-refractivity contribution is 7.12. The summed E-state index contributed by atoms with van der Waals surface area (Å²) >= 11 is 13.4. The van der Waals surface area contributed by atoms with Crippen molar-refractivity contribution in [1.29, 1.82) is 0 Å². The molecule has 1 amide bonds. The van der Waals surface area contributed by atoms with Gasteiger partial charge in [-0.05, 0) is 34.7 Å². The van der Waals surface area contributed by atoms with Crippen molar-refractivity contribution in [3.05, 3.63) is 80.0 Å². The predicted octanol–water partition coefficient (Wildman–Crippen LogP) is 4.96. The van der Waals surface area contributed by atoms with E-state index in [4.69, 9.17) is 23.2 Å². The highest BCUT2D eigenvalue weighted by Crippen LogP contribution is 2.27. The molecule has 1 heterocycles. The van der Waals surface area contributed by atoms with E-state index in [1.807, 2.05) is 23.6 Å². The monoisotopic (exact) mass is 447 g/mol. The van der Waals surface area contributed by atoms with E-state index in [1.54, 1.807) is 18.2 Å². The van der Waals surface area contributed by atoms with Crippen LogP contribution in [0.1, 0.15) is 25.6 Å². The van der Waals surface area contributed by atoms with Gasteiger partial charge in [-0.25, -0.2) is 4.79 Å². The number of nitrogens with one attached hydrogen (secondary N) is 1. The highest BCUT2D eigenvalue weighted by Gasteiger charge is 2.23. The van der Waals surface area contributed by atoms with Gasteiger partial charge < -0.3 is 10.4 Å². The molecule has 8 heteroatoms. The minimum Gasteiger partial charge on any atom is -0.480 e. The van der Waals surface area contributed by atoms with Gasteiger partial charge in [-0.1, -0.05) is 53.5 Å². The quantitative estimate of drug-likeness (QED) is 0.501. The van der Waals surface area contributed by atoms with Crippen LogP contribution >= 0.6 is 34.5 Å². The summed E-state index contributed by atoms with van der Waals surface area (Å²) in [7, 11) is 0. The zero-order valence-electron chi connectivity index (χ0n) is 14.9. The van der Waals surface area contributed by atoms with Crippen LogP contribution in [0.5, 0.6) is 0 Å². The van der Waals surface area contributed by atoms with Gasteiger partial charge in [0.05, 0.1) is 20.5 Å². The molecule has 0 radical (unpaired) electrons. The lowest BCUT2D eigenvalue weighted by atomic mass is 10.0. The zero-order chi connectivity index (χ0) is 21.0. The van der Waals surface area contributed by atoms with Gasteiger partial charge in [0.25, 0.3) is 5.91 Å². The highest BCUT2D eigenvalue weighted by atomic mass is 35.5. The van der Waals surface area contributed by atoms with E-state index in [-0.39, 0.29) is 22.0 Å². The maximum absolute atomic E-state index is 12.5. The van der Waals surface area contributed by atoms with Crippen molar-refractivity contribution in [3.63, 3.8) is 0 Å². The van der Waals surface area contributed by atoms with Crippen LogP contribution in [0.2, 0.25) is 10.0 Å². The summed E-state index contributed by atoms with van der Waals surface area (Å²) in [4.78, 5) is 35.9. The van der Waals surface area contributed by atoms with Gasteiger partial charge >= 0.3 is 5.97 Å². The standard InChI is InChI=1S/C21H15Cl2NO4S/c22-15-2-1-3-16(23)19(15)20(26)24-17(21(27)28)10-12-4-6-13(7-5-12)14-8-9-29-18(14)11-25/h1-9,11,17H,10H2,(H,24,26)(H,27,28)/t17-/m0/s1. The van der Waals surface area contributed by atoms with Crippen molar-refractivity contribution in [3.8, 4) is 11.1 Å². The van der Waals surface area contributed by atoms with Gasteiger partial charge in [0.1, 0.15) is 6.04 Å². The second-order valence-electron chi connectivity index (χ2n) is 6.18. The summed E-state index contributed by atoms with van der Waals surface area (Å²) in [6, 6.07) is 12.5. The first-order valence-corrected chi connectivity index (χ1v) is 10.1. The molecule has 0 saturated heterocycles. The van der Waals surface area contributed by atoms with Gasteiger partial charge in [-0.15, -0.1) is 11.3 Å². The van der Waals surface area contributed by atoms with Crippen molar-refractivity contribution < 1.29 is 19.5 Å². The van der Waals surface area contributed by atoms with E-state index < -0.39 is 17.9 Å². The summed E-state index contributed by atoms with van der Waals surface area (Å²) in [5, 5.41) is 14.1. The second-order valence-corrected chi connectivity index (χ2v) is 7.94. The van der Waals surface area contributed by atoms with Crippen LogP contribution < -0.4 is 5.32 Å². The lowest BCUT2D eigenvalue weighted by Crippen LogP contribution is -2.42. The van der Waals surface area contributed by atoms with Crippen molar-refractivity contribution >= 4 is 52.7 Å². The molecule has 0 saturated carbocycles. The van der Waals surface area contributed by atoms with E-state index in [9.17, 15) is 19.5 Å². The number of hydrogen-bond acceptors (Lipinski definition) is 4. The zero-order valence-corrected chi connectivity index (χ0v) is 17.2. The normalized spacial score (nSPS) is 11.7. The summed E-state index contributed by atoms with van der Waals surface area (Å²) < 4.78 is 0. The van der Waals surface area contributed by atoms with E-state index >= 15 is 0 Å². The van der Waals surface area contributed by atoms with Crippen molar-refractivity contribution in [1.82, 2.24) is 5.32 Å². The SMILES string of the molecule is O=Cc1sccc1-c1ccc(C[C@H](NC(=O)c2c(Cl)cccc2Cl)C(=O)O)cc1. The topological polar surface area (TPSA) is 83.5 Å². The number of carbonyl (C=O) groups excluding carboxylic acids is 2. The van der Waals surface area contributed by atoms with Gasteiger partial charge in [-0.2, -0.15) is 0 Å². The Bertz CT molecular complexity index is 1040. The minimum absolute atomic E-state index is 0.0382. The maximum Gasteiger partial charge on any atom is 0.326 e. The fourth-order valence-electron chi connectivity index (χ4n) is 2.85. The Kier molecular flexibility index (Phi) is 6.69. The molecule has 0 aliphatic heterocycles. The number of thiophene rings is 1. The van der Waals surface area contributed by atoms with Crippen LogP contribution in [0.3, 0.4) is 0 Å². The molecule has 0 spiro atoms. The van der Waals surface area contributed by atoms with Crippen LogP contribution in [0.4, 0.5) is 0 Å². The van der Waals surface area contributed by atoms with Gasteiger partial charge in [-0.3, -0.25) is 9.59 Å². The number of halogens is 2. The molecule has 0 unspecified atom stereocenters. The van der Waals surface area contributed by atoms with E-state index in [1.165, 1.54) is 23.5 Å². The number of carbonyl (C=O) groups is 3. The van der Waals surface area contributed by atoms with Crippen LogP contribution in [0, 0.1) is 0 Å². The van der Waals surface area contributed by atoms with Gasteiger partial charge in [0, 0.05) is 12.0 Å². The molecule has 1 atom stereocenters. The lowest BCUT2D eigenvalue weighted by Gasteiger charge is -2.16. The van der Waals surface area contributed by atoms with Gasteiger partial charge in [0.15, 0.2) is 6.29 Å². The molecule has 0 fully saturated rings. The average Bonchev–Trinajstić information content (AvgIpc) is 3.16. The molecule has 0 aliphatic carbocycles. The third-order valence-corrected chi connectivity index (χ3v) is 5.77. The third kappa shape index (κ3) is 4.85. The predicted molar refractivity (Wildman–Crippen MR) is 114 cm³/mol. The Balaban J connectivity index is 1.76. The Labute approximate surface area is 180 Å². The fraction of sp³-hybridized carbons (Fsp3) is 0.0952. The van der Waals surface area contributed by atoms with Crippen LogP contribution in [0.15, 0.2) is 53.9 Å². The number of amides is 1. The maximum atomic E-state index is 12.5. The van der Waals surface area contributed by atoms with Crippen LogP contribution in [-0.2, 0) is 11.2 Å². The molecule has 5 nitrogen and oxygen atoms in total. The van der Waals surface area contributed by atoms with Crippen molar-refractivity contribution in [2.24, 2.45) is 0 Å². The van der Waals surface area contributed by atoms with E-state index in [0.29, 0.717) is 4.88 Å². The summed E-state index contributed by atoms with van der Waals surface area (Å²) in [5.74, 6) is -1.83. The number of carboxylic acid groups (broad SMARTS) is 1. The molecule has 3 aromatic rings. The first-order chi connectivity index (χ1) is 13.9. The molecule has 2 aromatic carbocycles. The number of benzene rings is 2. The fourth-order valence-corrected chi connectivity index (χ4v) is 4.14. The number of hydrogen-bond donors (Lipinski definition) is 2. The number of carboxylic acids is 1. The molecule has 2 N–H and O–H groups in total. The largest absolute Gasteiger partial charge is 0.480 e. The lowest BCUT2D eigenvalue weighted by molar-refractivity contribution is -0.139. The van der Waals surface area contributed by atoms with Crippen LogP contribution in [0.25, 0.3) is 11.1 Å². The Morgan fingerprint density at radius 3 is 2.31 bits per heavy atom. The molecule has 1 aromatic heterocycles. The molecule has 0 aliphatic rings. The molecule has 148 valence electrons. The summed E-state index contributed by atoms with van der Waals surface area (Å²) in [5.41, 5.74) is 2.44. The Morgan fingerprint density at radius 1 is 1.07 bits per heavy atom. The second kappa shape index (κ2) is 9.22. The van der Waals surface area contributed by atoms with Crippen molar-refractivity contribution in [2.75, 3.05) is 0 Å². The third-order valence-electron chi connectivity index (χ3n) is 4.30. The number of aliphatic carboxylic acids is 1. The molecular weight excluding hydrogens is 433 g/mol. The molecular formula is C21H15Cl2NO4S. The number of rotatable bonds is 7. The molecule has 29 heavy (non-hydrogen) atoms. The Hall–Kier alpha value is -2.67. The first-order valence-electron chi connectivity index (χ1n) is 8.50. The van der Waals surface area contributed by atoms with E-state index in [0.717, 1.165) is 23.0 Å². The first kappa shape index (κ1) is 21.0. The average molecular weight is 448 g/mol. The van der Waals surface area contributed by atoms with Crippen LogP contribution in [-0.4, -0.2) is 29.3 Å². The minimum atomic E-state index is -1.17. The molecule has 3 rings (SSSR count). The molecule has 0 bridgehead atoms. The summed E-state index contributed by atoms with van der Waals surface area (Å²) in [6.45, 7) is 0. The number of aldehydes is 1. The van der Waals surface area contributed by atoms with E-state index in [2.05, 4.69) is 5.32 Å². The van der Waals surface area contributed by atoms with Crippen molar-refractivity contribution in [2.45, 2.75) is 12.5 Å².